The molecule has 0 spiro atoms. The largest absolute Gasteiger partial charge is 0.497 e. The van der Waals surface area contributed by atoms with E-state index in [1.165, 1.54) is 7.11 Å². The lowest BCUT2D eigenvalue weighted by molar-refractivity contribution is -0.135. The van der Waals surface area contributed by atoms with Crippen molar-refractivity contribution in [3.8, 4) is 5.75 Å². The average Bonchev–Trinajstić information content (AvgIpc) is 2.86. The third-order valence-corrected chi connectivity index (χ3v) is 4.26. The molecule has 1 heterocycles. The molecule has 6 amide bonds. The van der Waals surface area contributed by atoms with E-state index in [0.29, 0.717) is 17.7 Å². The second-order valence-electron chi connectivity index (χ2n) is 6.49. The predicted molar refractivity (Wildman–Crippen MR) is 97.0 cm³/mol. The Morgan fingerprint density at radius 3 is 2.37 bits per heavy atom. The topological polar surface area (TPSA) is 117 Å². The summed E-state index contributed by atoms with van der Waals surface area (Å²) in [5.74, 6) is -0.674. The van der Waals surface area contributed by atoms with Crippen LogP contribution in [0.1, 0.15) is 32.8 Å². The standard InChI is InChI=1S/C18H24N4O5/c1-5-18(12-6-8-13(27-4)9-7-12)15(24)22(17(26)21-18)10-14(23)20-16(25)19-11(2)3/h6-9,11H,5,10H2,1-4H3,(H,21,26)(H2,19,20,23,25)/t18-/m0/s1. The van der Waals surface area contributed by atoms with Crippen molar-refractivity contribution in [1.29, 1.82) is 0 Å². The van der Waals surface area contributed by atoms with Crippen LogP contribution in [0.2, 0.25) is 0 Å². The summed E-state index contributed by atoms with van der Waals surface area (Å²) < 4.78 is 5.11. The van der Waals surface area contributed by atoms with Gasteiger partial charge in [-0.05, 0) is 38.0 Å². The fourth-order valence-corrected chi connectivity index (χ4v) is 2.89. The van der Waals surface area contributed by atoms with Crippen LogP contribution in [0.25, 0.3) is 0 Å². The van der Waals surface area contributed by atoms with Crippen molar-refractivity contribution in [3.05, 3.63) is 29.8 Å². The third kappa shape index (κ3) is 4.18. The molecule has 1 fully saturated rings. The maximum Gasteiger partial charge on any atom is 0.325 e. The molecule has 27 heavy (non-hydrogen) atoms. The van der Waals surface area contributed by atoms with Crippen LogP contribution in [0.3, 0.4) is 0 Å². The summed E-state index contributed by atoms with van der Waals surface area (Å²) in [5.41, 5.74) is -0.672. The number of benzene rings is 1. The number of amides is 6. The van der Waals surface area contributed by atoms with Crippen molar-refractivity contribution >= 4 is 23.9 Å². The van der Waals surface area contributed by atoms with Crippen molar-refractivity contribution in [3.63, 3.8) is 0 Å². The van der Waals surface area contributed by atoms with Gasteiger partial charge in [0.2, 0.25) is 5.91 Å². The van der Waals surface area contributed by atoms with Crippen molar-refractivity contribution in [2.24, 2.45) is 0 Å². The number of carbonyl (C=O) groups is 4. The quantitative estimate of drug-likeness (QED) is 0.643. The molecule has 1 aromatic rings. The Morgan fingerprint density at radius 1 is 1.22 bits per heavy atom. The minimum Gasteiger partial charge on any atom is -0.497 e. The Balaban J connectivity index is 2.16. The molecule has 9 nitrogen and oxygen atoms in total. The molecule has 1 aromatic carbocycles. The van der Waals surface area contributed by atoms with E-state index in [-0.39, 0.29) is 6.04 Å². The van der Waals surface area contributed by atoms with Gasteiger partial charge in [0.25, 0.3) is 5.91 Å². The maximum absolute atomic E-state index is 13.0. The van der Waals surface area contributed by atoms with Crippen LogP contribution in [0, 0.1) is 0 Å². The van der Waals surface area contributed by atoms with E-state index in [4.69, 9.17) is 4.74 Å². The summed E-state index contributed by atoms with van der Waals surface area (Å²) in [4.78, 5) is 49.8. The molecular weight excluding hydrogens is 352 g/mol. The number of hydrogen-bond donors (Lipinski definition) is 3. The van der Waals surface area contributed by atoms with Crippen LogP contribution < -0.4 is 20.7 Å². The number of urea groups is 2. The number of nitrogens with one attached hydrogen (secondary N) is 3. The first-order chi connectivity index (χ1) is 12.7. The second-order valence-corrected chi connectivity index (χ2v) is 6.49. The Hall–Kier alpha value is -3.10. The van der Waals surface area contributed by atoms with Gasteiger partial charge in [0, 0.05) is 6.04 Å². The zero-order valence-corrected chi connectivity index (χ0v) is 15.8. The lowest BCUT2D eigenvalue weighted by atomic mass is 9.87. The first-order valence-corrected chi connectivity index (χ1v) is 8.62. The summed E-state index contributed by atoms with van der Waals surface area (Å²) in [7, 11) is 1.53. The lowest BCUT2D eigenvalue weighted by Crippen LogP contribution is -2.48. The van der Waals surface area contributed by atoms with Crippen molar-refractivity contribution in [2.75, 3.05) is 13.7 Å². The van der Waals surface area contributed by atoms with Gasteiger partial charge in [-0.3, -0.25) is 19.8 Å². The number of hydrogen-bond acceptors (Lipinski definition) is 5. The van der Waals surface area contributed by atoms with Crippen molar-refractivity contribution in [2.45, 2.75) is 38.8 Å². The Labute approximate surface area is 157 Å². The highest BCUT2D eigenvalue weighted by molar-refractivity contribution is 6.10. The SMILES string of the molecule is CC[C@@]1(c2ccc(OC)cc2)NC(=O)N(CC(=O)NC(=O)NC(C)C)C1=O. The normalized spacial score (nSPS) is 19.1. The summed E-state index contributed by atoms with van der Waals surface area (Å²) >= 11 is 0. The number of rotatable bonds is 6. The van der Waals surface area contributed by atoms with Crippen molar-refractivity contribution < 1.29 is 23.9 Å². The van der Waals surface area contributed by atoms with E-state index in [0.717, 1.165) is 4.90 Å². The Morgan fingerprint density at radius 2 is 1.85 bits per heavy atom. The fourth-order valence-electron chi connectivity index (χ4n) is 2.89. The first kappa shape index (κ1) is 20.2. The maximum atomic E-state index is 13.0. The molecule has 9 heteroatoms. The average molecular weight is 376 g/mol. The van der Waals surface area contributed by atoms with Crippen LogP contribution in [0.4, 0.5) is 9.59 Å². The fraction of sp³-hybridized carbons (Fsp3) is 0.444. The second kappa shape index (κ2) is 8.07. The highest BCUT2D eigenvalue weighted by Gasteiger charge is 2.51. The molecule has 1 aliphatic heterocycles. The van der Waals surface area contributed by atoms with Gasteiger partial charge in [0.1, 0.15) is 17.8 Å². The molecule has 3 N–H and O–H groups in total. The summed E-state index contributed by atoms with van der Waals surface area (Å²) in [5, 5.41) is 7.28. The molecule has 0 aromatic heterocycles. The lowest BCUT2D eigenvalue weighted by Gasteiger charge is -2.25. The monoisotopic (exact) mass is 376 g/mol. The van der Waals surface area contributed by atoms with Gasteiger partial charge in [-0.1, -0.05) is 19.1 Å². The minimum absolute atomic E-state index is 0.155. The molecule has 0 aliphatic carbocycles. The van der Waals surface area contributed by atoms with Crippen LogP contribution in [0.5, 0.6) is 5.75 Å². The first-order valence-electron chi connectivity index (χ1n) is 8.62. The molecule has 0 radical (unpaired) electrons. The smallest absolute Gasteiger partial charge is 0.325 e. The van der Waals surface area contributed by atoms with Crippen LogP contribution in [-0.4, -0.2) is 48.5 Å². The molecule has 1 atom stereocenters. The molecule has 2 rings (SSSR count). The van der Waals surface area contributed by atoms with E-state index < -0.39 is 36.0 Å². The predicted octanol–water partition coefficient (Wildman–Crippen LogP) is 1.09. The zero-order chi connectivity index (χ0) is 20.2. The number of ether oxygens (including phenoxy) is 1. The Bertz CT molecular complexity index is 747. The van der Waals surface area contributed by atoms with Crippen LogP contribution >= 0.6 is 0 Å². The molecular formula is C18H24N4O5. The highest BCUT2D eigenvalue weighted by atomic mass is 16.5. The van der Waals surface area contributed by atoms with Crippen LogP contribution in [0.15, 0.2) is 24.3 Å². The van der Waals surface area contributed by atoms with Gasteiger partial charge in [-0.2, -0.15) is 0 Å². The molecule has 146 valence electrons. The van der Waals surface area contributed by atoms with E-state index >= 15 is 0 Å². The molecule has 0 bridgehead atoms. The molecule has 0 unspecified atom stereocenters. The number of methoxy groups -OCH3 is 1. The number of carbonyl (C=O) groups excluding carboxylic acids is 4. The van der Waals surface area contributed by atoms with Gasteiger partial charge in [0.15, 0.2) is 0 Å². The van der Waals surface area contributed by atoms with Crippen molar-refractivity contribution in [1.82, 2.24) is 20.9 Å². The summed E-state index contributed by atoms with van der Waals surface area (Å²) in [6.45, 7) is 4.70. The number of nitrogens with zero attached hydrogens (tertiary/aromatic N) is 1. The van der Waals surface area contributed by atoms with Gasteiger partial charge in [-0.15, -0.1) is 0 Å². The van der Waals surface area contributed by atoms with Gasteiger partial charge in [0.05, 0.1) is 7.11 Å². The summed E-state index contributed by atoms with van der Waals surface area (Å²) in [6.07, 6.45) is 0.301. The van der Waals surface area contributed by atoms with Crippen LogP contribution in [-0.2, 0) is 15.1 Å². The van der Waals surface area contributed by atoms with E-state index in [1.54, 1.807) is 45.0 Å². The van der Waals surface area contributed by atoms with E-state index in [2.05, 4.69) is 16.0 Å². The summed E-state index contributed by atoms with van der Waals surface area (Å²) in [6, 6.07) is 5.25. The van der Waals surface area contributed by atoms with E-state index in [1.807, 2.05) is 0 Å². The molecule has 1 aliphatic rings. The van der Waals surface area contributed by atoms with Gasteiger partial charge >= 0.3 is 12.1 Å². The molecule has 1 saturated heterocycles. The Kier molecular flexibility index (Phi) is 6.04. The minimum atomic E-state index is -1.26. The van der Waals surface area contributed by atoms with E-state index in [9.17, 15) is 19.2 Å². The number of imide groups is 2. The highest BCUT2D eigenvalue weighted by Crippen LogP contribution is 2.33. The van der Waals surface area contributed by atoms with Gasteiger partial charge in [-0.25, -0.2) is 9.59 Å². The van der Waals surface area contributed by atoms with Gasteiger partial charge < -0.3 is 15.4 Å². The third-order valence-electron chi connectivity index (χ3n) is 4.26. The molecule has 0 saturated carbocycles. The zero-order valence-electron chi connectivity index (χ0n) is 15.8.